The molecule has 5 nitrogen and oxygen atoms in total. The van der Waals surface area contributed by atoms with E-state index in [2.05, 4.69) is 5.10 Å². The molecule has 0 spiro atoms. The van der Waals surface area contributed by atoms with Crippen LogP contribution in [0.3, 0.4) is 0 Å². The van der Waals surface area contributed by atoms with E-state index in [1.54, 1.807) is 4.68 Å². The fourth-order valence-corrected chi connectivity index (χ4v) is 1.44. The number of rotatable bonds is 3. The standard InChI is InChI=1S/C8H15N3O2S/c1-6(2)7(3)11-5-8(4-10-11)14(9,12)13/h4-7H,1-3H3,(H2,9,12,13). The van der Waals surface area contributed by atoms with Gasteiger partial charge in [0.05, 0.1) is 12.2 Å². The molecule has 1 heterocycles. The lowest BCUT2D eigenvalue weighted by Crippen LogP contribution is -2.13. The normalized spacial score (nSPS) is 14.6. The summed E-state index contributed by atoms with van der Waals surface area (Å²) in [5.41, 5.74) is 0. The van der Waals surface area contributed by atoms with Crippen LogP contribution in [0.1, 0.15) is 26.8 Å². The second-order valence-electron chi connectivity index (χ2n) is 3.69. The first-order chi connectivity index (χ1) is 6.32. The molecule has 1 aromatic rings. The van der Waals surface area contributed by atoms with Gasteiger partial charge in [0, 0.05) is 6.20 Å². The number of sulfonamides is 1. The SMILES string of the molecule is CC(C)C(C)n1cc(S(N)(=O)=O)cn1. The predicted octanol–water partition coefficient (Wildman–Crippen LogP) is 0.748. The summed E-state index contributed by atoms with van der Waals surface area (Å²) in [4.78, 5) is 0.0602. The van der Waals surface area contributed by atoms with Crippen LogP contribution in [0, 0.1) is 5.92 Å². The van der Waals surface area contributed by atoms with Gasteiger partial charge in [0.15, 0.2) is 0 Å². The maximum Gasteiger partial charge on any atom is 0.241 e. The summed E-state index contributed by atoms with van der Waals surface area (Å²) in [6, 6.07) is 0.158. The third-order valence-corrected chi connectivity index (χ3v) is 3.16. The Morgan fingerprint density at radius 1 is 1.43 bits per heavy atom. The van der Waals surface area contributed by atoms with Crippen molar-refractivity contribution >= 4 is 10.0 Å². The Morgan fingerprint density at radius 3 is 2.36 bits per heavy atom. The molecule has 0 aliphatic carbocycles. The zero-order chi connectivity index (χ0) is 10.9. The van der Waals surface area contributed by atoms with Crippen LogP contribution in [0.25, 0.3) is 0 Å². The fourth-order valence-electron chi connectivity index (χ4n) is 0.996. The number of nitrogens with zero attached hydrogens (tertiary/aromatic N) is 2. The predicted molar refractivity (Wildman–Crippen MR) is 53.1 cm³/mol. The molecule has 14 heavy (non-hydrogen) atoms. The molecule has 80 valence electrons. The van der Waals surface area contributed by atoms with Crippen LogP contribution in [-0.4, -0.2) is 18.2 Å². The molecule has 0 aliphatic rings. The highest BCUT2D eigenvalue weighted by atomic mass is 32.2. The Kier molecular flexibility index (Phi) is 2.96. The van der Waals surface area contributed by atoms with Crippen LogP contribution < -0.4 is 5.14 Å². The average molecular weight is 217 g/mol. The van der Waals surface area contributed by atoms with E-state index in [0.29, 0.717) is 5.92 Å². The molecule has 1 unspecified atom stereocenters. The van der Waals surface area contributed by atoms with Crippen LogP contribution in [0.15, 0.2) is 17.3 Å². The van der Waals surface area contributed by atoms with Crippen molar-refractivity contribution in [1.82, 2.24) is 9.78 Å². The molecule has 1 aromatic heterocycles. The topological polar surface area (TPSA) is 78.0 Å². The Bertz CT molecular complexity index is 408. The molecule has 1 atom stereocenters. The maximum absolute atomic E-state index is 11.0. The van der Waals surface area contributed by atoms with E-state index in [1.807, 2.05) is 20.8 Å². The van der Waals surface area contributed by atoms with Gasteiger partial charge < -0.3 is 0 Å². The quantitative estimate of drug-likeness (QED) is 0.811. The van der Waals surface area contributed by atoms with Crippen molar-refractivity contribution in [2.75, 3.05) is 0 Å². The highest BCUT2D eigenvalue weighted by Crippen LogP contribution is 2.17. The lowest BCUT2D eigenvalue weighted by Gasteiger charge is -2.15. The smallest absolute Gasteiger partial charge is 0.241 e. The van der Waals surface area contributed by atoms with Crippen molar-refractivity contribution < 1.29 is 8.42 Å². The van der Waals surface area contributed by atoms with Crippen LogP contribution in [0.4, 0.5) is 0 Å². The highest BCUT2D eigenvalue weighted by Gasteiger charge is 2.15. The van der Waals surface area contributed by atoms with Gasteiger partial charge in [-0.3, -0.25) is 4.68 Å². The minimum Gasteiger partial charge on any atom is -0.268 e. The van der Waals surface area contributed by atoms with Gasteiger partial charge in [-0.05, 0) is 12.8 Å². The van der Waals surface area contributed by atoms with Crippen molar-refractivity contribution in [3.8, 4) is 0 Å². The Labute approximate surface area is 84.0 Å². The number of aromatic nitrogens is 2. The first-order valence-electron chi connectivity index (χ1n) is 4.39. The van der Waals surface area contributed by atoms with Crippen molar-refractivity contribution in [3.63, 3.8) is 0 Å². The van der Waals surface area contributed by atoms with Crippen molar-refractivity contribution in [1.29, 1.82) is 0 Å². The fraction of sp³-hybridized carbons (Fsp3) is 0.625. The second-order valence-corrected chi connectivity index (χ2v) is 5.25. The minimum atomic E-state index is -3.62. The Morgan fingerprint density at radius 2 is 2.00 bits per heavy atom. The molecule has 0 aliphatic heterocycles. The summed E-state index contributed by atoms with van der Waals surface area (Å²) < 4.78 is 23.5. The molecule has 2 N–H and O–H groups in total. The molecule has 1 rings (SSSR count). The van der Waals surface area contributed by atoms with E-state index < -0.39 is 10.0 Å². The highest BCUT2D eigenvalue weighted by molar-refractivity contribution is 7.89. The third-order valence-electron chi connectivity index (χ3n) is 2.29. The first-order valence-corrected chi connectivity index (χ1v) is 5.94. The summed E-state index contributed by atoms with van der Waals surface area (Å²) in [6.45, 7) is 6.07. The average Bonchev–Trinajstić information content (AvgIpc) is 2.49. The number of hydrogen-bond donors (Lipinski definition) is 1. The summed E-state index contributed by atoms with van der Waals surface area (Å²) in [5.74, 6) is 0.392. The lowest BCUT2D eigenvalue weighted by atomic mass is 10.1. The zero-order valence-corrected chi connectivity index (χ0v) is 9.32. The number of primary sulfonamides is 1. The summed E-state index contributed by atoms with van der Waals surface area (Å²) in [6.07, 6.45) is 2.73. The molecule has 0 fully saturated rings. The monoisotopic (exact) mass is 217 g/mol. The number of nitrogens with two attached hydrogens (primary N) is 1. The van der Waals surface area contributed by atoms with Crippen LogP contribution in [0.5, 0.6) is 0 Å². The molecular weight excluding hydrogens is 202 g/mol. The van der Waals surface area contributed by atoms with Crippen LogP contribution in [0.2, 0.25) is 0 Å². The first kappa shape index (κ1) is 11.2. The molecular formula is C8H15N3O2S. The van der Waals surface area contributed by atoms with Crippen molar-refractivity contribution in [3.05, 3.63) is 12.4 Å². The summed E-state index contributed by atoms with van der Waals surface area (Å²) in [7, 11) is -3.62. The van der Waals surface area contributed by atoms with Gasteiger partial charge in [-0.2, -0.15) is 5.10 Å². The van der Waals surface area contributed by atoms with Crippen LogP contribution >= 0.6 is 0 Å². The summed E-state index contributed by atoms with van der Waals surface area (Å²) in [5, 5.41) is 8.93. The molecule has 0 aromatic carbocycles. The molecule has 6 heteroatoms. The largest absolute Gasteiger partial charge is 0.268 e. The molecule has 0 radical (unpaired) electrons. The van der Waals surface area contributed by atoms with E-state index in [0.717, 1.165) is 0 Å². The Hall–Kier alpha value is -0.880. The van der Waals surface area contributed by atoms with Gasteiger partial charge in [0.1, 0.15) is 4.90 Å². The van der Waals surface area contributed by atoms with Gasteiger partial charge in [0.25, 0.3) is 0 Å². The van der Waals surface area contributed by atoms with Gasteiger partial charge in [-0.1, -0.05) is 13.8 Å². The molecule has 0 amide bonds. The number of hydrogen-bond acceptors (Lipinski definition) is 3. The molecule has 0 bridgehead atoms. The second kappa shape index (κ2) is 3.70. The van der Waals surface area contributed by atoms with Gasteiger partial charge in [-0.15, -0.1) is 0 Å². The zero-order valence-electron chi connectivity index (χ0n) is 8.51. The third kappa shape index (κ3) is 2.33. The van der Waals surface area contributed by atoms with E-state index in [-0.39, 0.29) is 10.9 Å². The molecule has 0 saturated heterocycles. The van der Waals surface area contributed by atoms with E-state index in [1.165, 1.54) is 12.4 Å². The van der Waals surface area contributed by atoms with Gasteiger partial charge in [0.2, 0.25) is 10.0 Å². The van der Waals surface area contributed by atoms with Gasteiger partial charge in [-0.25, -0.2) is 13.6 Å². The van der Waals surface area contributed by atoms with E-state index >= 15 is 0 Å². The summed E-state index contributed by atoms with van der Waals surface area (Å²) >= 11 is 0. The van der Waals surface area contributed by atoms with Crippen LogP contribution in [-0.2, 0) is 10.0 Å². The van der Waals surface area contributed by atoms with Crippen molar-refractivity contribution in [2.24, 2.45) is 11.1 Å². The van der Waals surface area contributed by atoms with Crippen molar-refractivity contribution in [2.45, 2.75) is 31.7 Å². The van der Waals surface area contributed by atoms with Gasteiger partial charge >= 0.3 is 0 Å². The molecule has 0 saturated carbocycles. The lowest BCUT2D eigenvalue weighted by molar-refractivity contribution is 0.375. The van der Waals surface area contributed by atoms with E-state index in [9.17, 15) is 8.42 Å². The maximum atomic E-state index is 11.0. The van der Waals surface area contributed by atoms with E-state index in [4.69, 9.17) is 5.14 Å². The Balaban J connectivity index is 3.00. The minimum absolute atomic E-state index is 0.0602.